The van der Waals surface area contributed by atoms with Crippen molar-refractivity contribution in [1.29, 1.82) is 0 Å². The number of halogens is 1. The number of fused-ring (bicyclic) bond motifs is 1. The first kappa shape index (κ1) is 15.4. The molecule has 0 aliphatic rings. The molecule has 112 valence electrons. The van der Waals surface area contributed by atoms with Gasteiger partial charge in [-0.3, -0.25) is 9.78 Å². The Kier molecular flexibility index (Phi) is 4.53. The summed E-state index contributed by atoms with van der Waals surface area (Å²) < 4.78 is 13.7. The fraction of sp³-hybridized carbons (Fsp3) is 0.375. The minimum atomic E-state index is -0.529. The summed E-state index contributed by atoms with van der Waals surface area (Å²) in [6, 6.07) is 5.96. The molecule has 5 heteroatoms. The van der Waals surface area contributed by atoms with Crippen molar-refractivity contribution >= 4 is 16.8 Å². The van der Waals surface area contributed by atoms with Crippen molar-refractivity contribution in [2.75, 3.05) is 6.61 Å². The number of aromatic nitrogens is 1. The lowest BCUT2D eigenvalue weighted by Gasteiger charge is -2.29. The average molecular weight is 290 g/mol. The first-order chi connectivity index (χ1) is 9.99. The van der Waals surface area contributed by atoms with Crippen LogP contribution in [0.4, 0.5) is 4.39 Å². The van der Waals surface area contributed by atoms with Gasteiger partial charge in [-0.2, -0.15) is 0 Å². The Bertz CT molecular complexity index is 660. The number of aliphatic hydroxyl groups is 1. The Morgan fingerprint density at radius 2 is 2.24 bits per heavy atom. The van der Waals surface area contributed by atoms with E-state index < -0.39 is 11.4 Å². The standard InChI is InChI=1S/C16H19FN2O2/c1-3-16(2,6-8-20)19-15(21)13-10-12(17)9-11-5-4-7-18-14(11)13/h4-5,7,9-10,20H,3,6,8H2,1-2H3,(H,19,21)/t16-/m1/s1. The topological polar surface area (TPSA) is 62.2 Å². The molecule has 1 heterocycles. The predicted octanol–water partition coefficient (Wildman–Crippen LogP) is 2.65. The molecule has 1 aromatic carbocycles. The summed E-state index contributed by atoms with van der Waals surface area (Å²) in [5.41, 5.74) is 0.154. The Morgan fingerprint density at radius 1 is 1.48 bits per heavy atom. The number of nitrogens with one attached hydrogen (secondary N) is 1. The molecule has 0 saturated heterocycles. The number of carbonyl (C=O) groups excluding carboxylic acids is 1. The number of benzene rings is 1. The van der Waals surface area contributed by atoms with E-state index in [4.69, 9.17) is 5.11 Å². The summed E-state index contributed by atoms with van der Waals surface area (Å²) in [6.45, 7) is 3.76. The molecule has 0 unspecified atom stereocenters. The summed E-state index contributed by atoms with van der Waals surface area (Å²) in [4.78, 5) is 16.6. The maximum absolute atomic E-state index is 13.7. The molecule has 1 amide bonds. The van der Waals surface area contributed by atoms with E-state index in [1.807, 2.05) is 13.8 Å². The van der Waals surface area contributed by atoms with Crippen LogP contribution in [0.15, 0.2) is 30.5 Å². The molecule has 0 spiro atoms. The summed E-state index contributed by atoms with van der Waals surface area (Å²) in [6.07, 6.45) is 2.68. The number of rotatable bonds is 5. The molecule has 2 aromatic rings. The molecule has 0 fully saturated rings. The van der Waals surface area contributed by atoms with Crippen LogP contribution in [-0.2, 0) is 0 Å². The van der Waals surface area contributed by atoms with Crippen LogP contribution in [-0.4, -0.2) is 28.1 Å². The van der Waals surface area contributed by atoms with Crippen molar-refractivity contribution in [1.82, 2.24) is 10.3 Å². The summed E-state index contributed by atoms with van der Waals surface area (Å²) in [5, 5.41) is 12.6. The summed E-state index contributed by atoms with van der Waals surface area (Å²) >= 11 is 0. The number of hydrogen-bond acceptors (Lipinski definition) is 3. The second-order valence-electron chi connectivity index (χ2n) is 5.37. The van der Waals surface area contributed by atoms with E-state index in [0.717, 1.165) is 0 Å². The van der Waals surface area contributed by atoms with Gasteiger partial charge in [-0.15, -0.1) is 0 Å². The van der Waals surface area contributed by atoms with E-state index in [1.165, 1.54) is 12.1 Å². The highest BCUT2D eigenvalue weighted by Gasteiger charge is 2.25. The van der Waals surface area contributed by atoms with Crippen molar-refractivity contribution in [3.05, 3.63) is 41.8 Å². The van der Waals surface area contributed by atoms with E-state index in [-0.39, 0.29) is 18.1 Å². The smallest absolute Gasteiger partial charge is 0.254 e. The second kappa shape index (κ2) is 6.18. The largest absolute Gasteiger partial charge is 0.396 e. The van der Waals surface area contributed by atoms with Crippen LogP contribution in [0.2, 0.25) is 0 Å². The normalized spacial score (nSPS) is 13.9. The van der Waals surface area contributed by atoms with Crippen LogP contribution < -0.4 is 5.32 Å². The number of nitrogens with zero attached hydrogens (tertiary/aromatic N) is 1. The maximum Gasteiger partial charge on any atom is 0.254 e. The molecule has 1 aromatic heterocycles. The fourth-order valence-corrected chi connectivity index (χ4v) is 2.24. The highest BCUT2D eigenvalue weighted by molar-refractivity contribution is 6.05. The lowest BCUT2D eigenvalue weighted by molar-refractivity contribution is 0.0887. The summed E-state index contributed by atoms with van der Waals surface area (Å²) in [5.74, 6) is -0.850. The molecule has 0 saturated carbocycles. The molecule has 2 rings (SSSR count). The van der Waals surface area contributed by atoms with E-state index in [9.17, 15) is 9.18 Å². The molecule has 1 atom stereocenters. The molecule has 0 bridgehead atoms. The van der Waals surface area contributed by atoms with Crippen LogP contribution in [0.1, 0.15) is 37.0 Å². The van der Waals surface area contributed by atoms with Gasteiger partial charge in [0.15, 0.2) is 0 Å². The first-order valence-corrected chi connectivity index (χ1v) is 6.97. The van der Waals surface area contributed by atoms with Gasteiger partial charge in [0.05, 0.1) is 11.1 Å². The Hall–Kier alpha value is -2.01. The molecular weight excluding hydrogens is 271 g/mol. The molecule has 2 N–H and O–H groups in total. The summed E-state index contributed by atoms with van der Waals surface area (Å²) in [7, 11) is 0. The van der Waals surface area contributed by atoms with Gasteiger partial charge >= 0.3 is 0 Å². The van der Waals surface area contributed by atoms with Crippen molar-refractivity contribution in [2.24, 2.45) is 0 Å². The number of hydrogen-bond donors (Lipinski definition) is 2. The van der Waals surface area contributed by atoms with Crippen LogP contribution in [0.5, 0.6) is 0 Å². The molecule has 0 aliphatic carbocycles. The number of pyridine rings is 1. The third-order valence-corrected chi connectivity index (χ3v) is 3.77. The fourth-order valence-electron chi connectivity index (χ4n) is 2.24. The van der Waals surface area contributed by atoms with Gasteiger partial charge in [-0.1, -0.05) is 13.0 Å². The van der Waals surface area contributed by atoms with Crippen molar-refractivity contribution < 1.29 is 14.3 Å². The zero-order valence-electron chi connectivity index (χ0n) is 12.2. The zero-order valence-corrected chi connectivity index (χ0v) is 12.2. The highest BCUT2D eigenvalue weighted by atomic mass is 19.1. The van der Waals surface area contributed by atoms with Gasteiger partial charge in [0.2, 0.25) is 0 Å². The van der Waals surface area contributed by atoms with Gasteiger partial charge in [-0.25, -0.2) is 4.39 Å². The quantitative estimate of drug-likeness (QED) is 0.890. The Labute approximate surface area is 123 Å². The highest BCUT2D eigenvalue weighted by Crippen LogP contribution is 2.21. The molecule has 21 heavy (non-hydrogen) atoms. The lowest BCUT2D eigenvalue weighted by atomic mass is 9.94. The lowest BCUT2D eigenvalue weighted by Crippen LogP contribution is -2.46. The molecule has 0 aliphatic heterocycles. The minimum Gasteiger partial charge on any atom is -0.396 e. The third kappa shape index (κ3) is 3.36. The van der Waals surface area contributed by atoms with Gasteiger partial charge in [0.1, 0.15) is 5.82 Å². The van der Waals surface area contributed by atoms with E-state index in [1.54, 1.807) is 18.3 Å². The first-order valence-electron chi connectivity index (χ1n) is 6.97. The molecule has 4 nitrogen and oxygen atoms in total. The zero-order chi connectivity index (χ0) is 15.5. The van der Waals surface area contributed by atoms with E-state index in [0.29, 0.717) is 23.7 Å². The SMILES string of the molecule is CC[C@](C)(CCO)NC(=O)c1cc(F)cc2cccnc12. The maximum atomic E-state index is 13.7. The monoisotopic (exact) mass is 290 g/mol. The Balaban J connectivity index is 2.39. The van der Waals surface area contributed by atoms with Gasteiger partial charge in [0, 0.05) is 23.7 Å². The van der Waals surface area contributed by atoms with Gasteiger partial charge in [0.25, 0.3) is 5.91 Å². The Morgan fingerprint density at radius 3 is 2.90 bits per heavy atom. The van der Waals surface area contributed by atoms with Crippen molar-refractivity contribution in [2.45, 2.75) is 32.2 Å². The molecular formula is C16H19FN2O2. The average Bonchev–Trinajstić information content (AvgIpc) is 2.46. The number of amides is 1. The molecule has 0 radical (unpaired) electrons. The van der Waals surface area contributed by atoms with E-state index >= 15 is 0 Å². The predicted molar refractivity (Wildman–Crippen MR) is 79.6 cm³/mol. The third-order valence-electron chi connectivity index (χ3n) is 3.77. The number of aliphatic hydroxyl groups excluding tert-OH is 1. The second-order valence-corrected chi connectivity index (χ2v) is 5.37. The van der Waals surface area contributed by atoms with Crippen LogP contribution in [0.3, 0.4) is 0 Å². The van der Waals surface area contributed by atoms with Crippen LogP contribution in [0, 0.1) is 5.82 Å². The van der Waals surface area contributed by atoms with Crippen LogP contribution >= 0.6 is 0 Å². The number of carbonyl (C=O) groups is 1. The van der Waals surface area contributed by atoms with Crippen molar-refractivity contribution in [3.8, 4) is 0 Å². The van der Waals surface area contributed by atoms with Gasteiger partial charge in [-0.05, 0) is 38.0 Å². The van der Waals surface area contributed by atoms with E-state index in [2.05, 4.69) is 10.3 Å². The minimum absolute atomic E-state index is 0.0211. The van der Waals surface area contributed by atoms with Crippen LogP contribution in [0.25, 0.3) is 10.9 Å². The van der Waals surface area contributed by atoms with Crippen molar-refractivity contribution in [3.63, 3.8) is 0 Å². The van der Waals surface area contributed by atoms with Gasteiger partial charge < -0.3 is 10.4 Å².